The number of carbonyl (C=O) groups is 2. The van der Waals surface area contributed by atoms with E-state index in [1.807, 2.05) is 30.3 Å². The predicted octanol–water partition coefficient (Wildman–Crippen LogP) is 2.26. The van der Waals surface area contributed by atoms with Gasteiger partial charge in [-0.2, -0.15) is 0 Å². The minimum Gasteiger partial charge on any atom is -0.450 e. The Morgan fingerprint density at radius 2 is 1.87 bits per heavy atom. The van der Waals surface area contributed by atoms with Crippen LogP contribution in [0.25, 0.3) is 0 Å². The van der Waals surface area contributed by atoms with Crippen LogP contribution in [0.3, 0.4) is 0 Å². The smallest absolute Gasteiger partial charge is 0.407 e. The van der Waals surface area contributed by atoms with E-state index < -0.39 is 6.09 Å². The molecule has 0 unspecified atom stereocenters. The normalized spacial score (nSPS) is 9.96. The first kappa shape index (κ1) is 16.5. The summed E-state index contributed by atoms with van der Waals surface area (Å²) < 4.78 is 4.77. The van der Waals surface area contributed by atoms with Gasteiger partial charge in [0.2, 0.25) is 0 Å². The van der Waals surface area contributed by atoms with Gasteiger partial charge >= 0.3 is 6.09 Å². The Morgan fingerprint density at radius 1 is 1.09 bits per heavy atom. The van der Waals surface area contributed by atoms with Gasteiger partial charge in [-0.3, -0.25) is 9.78 Å². The summed E-state index contributed by atoms with van der Waals surface area (Å²) >= 11 is 0. The fourth-order valence-electron chi connectivity index (χ4n) is 1.94. The number of aromatic nitrogens is 1. The van der Waals surface area contributed by atoms with Crippen LogP contribution in [0.4, 0.5) is 4.79 Å². The number of carbonyl (C=O) groups excluding carboxylic acids is 2. The maximum atomic E-state index is 12.2. The van der Waals surface area contributed by atoms with Crippen molar-refractivity contribution in [3.05, 3.63) is 65.5 Å². The number of hydrogen-bond acceptors (Lipinski definition) is 4. The average Bonchev–Trinajstić information content (AvgIpc) is 2.59. The third-order valence-corrected chi connectivity index (χ3v) is 3.06. The van der Waals surface area contributed by atoms with Crippen LogP contribution in [-0.2, 0) is 17.8 Å². The highest BCUT2D eigenvalue weighted by Crippen LogP contribution is 2.04. The van der Waals surface area contributed by atoms with E-state index in [4.69, 9.17) is 4.74 Å². The van der Waals surface area contributed by atoms with Gasteiger partial charge in [0.25, 0.3) is 5.91 Å². The lowest BCUT2D eigenvalue weighted by Gasteiger charge is -2.08. The van der Waals surface area contributed by atoms with Crippen LogP contribution in [0, 0.1) is 0 Å². The zero-order chi connectivity index (χ0) is 16.5. The van der Waals surface area contributed by atoms with Crippen LogP contribution >= 0.6 is 0 Å². The molecule has 0 atom stereocenters. The maximum Gasteiger partial charge on any atom is 0.407 e. The average molecular weight is 313 g/mol. The number of benzene rings is 1. The van der Waals surface area contributed by atoms with Gasteiger partial charge in [-0.25, -0.2) is 4.79 Å². The van der Waals surface area contributed by atoms with E-state index in [2.05, 4.69) is 15.6 Å². The predicted molar refractivity (Wildman–Crippen MR) is 85.7 cm³/mol. The highest BCUT2D eigenvalue weighted by molar-refractivity contribution is 5.94. The standard InChI is InChI=1S/C17H19N3O3/c1-2-23-17(22)20-12-15-10-14(8-9-18-15)16(21)19-11-13-6-4-3-5-7-13/h3-10H,2,11-12H2,1H3,(H,19,21)(H,20,22). The summed E-state index contributed by atoms with van der Waals surface area (Å²) in [7, 11) is 0. The number of rotatable bonds is 6. The Labute approximate surface area is 134 Å². The molecule has 0 bridgehead atoms. The fraction of sp³-hybridized carbons (Fsp3) is 0.235. The Kier molecular flexibility index (Phi) is 6.11. The van der Waals surface area contributed by atoms with E-state index in [1.54, 1.807) is 25.3 Å². The van der Waals surface area contributed by atoms with Crippen molar-refractivity contribution in [1.29, 1.82) is 0 Å². The number of alkyl carbamates (subject to hydrolysis) is 1. The molecule has 120 valence electrons. The summed E-state index contributed by atoms with van der Waals surface area (Å²) in [4.78, 5) is 27.5. The Bertz CT molecular complexity index is 659. The molecule has 0 aliphatic heterocycles. The van der Waals surface area contributed by atoms with Crippen molar-refractivity contribution in [3.8, 4) is 0 Å². The second kappa shape index (κ2) is 8.53. The molecule has 0 saturated carbocycles. The molecule has 0 radical (unpaired) electrons. The van der Waals surface area contributed by atoms with Gasteiger partial charge in [0.15, 0.2) is 0 Å². The SMILES string of the molecule is CCOC(=O)NCc1cc(C(=O)NCc2ccccc2)ccn1. The van der Waals surface area contributed by atoms with Crippen LogP contribution in [0.1, 0.15) is 28.5 Å². The van der Waals surface area contributed by atoms with E-state index in [0.717, 1.165) is 5.56 Å². The molecule has 0 aliphatic carbocycles. The number of amides is 2. The molecule has 2 aromatic rings. The van der Waals surface area contributed by atoms with E-state index in [0.29, 0.717) is 24.4 Å². The number of nitrogens with zero attached hydrogens (tertiary/aromatic N) is 1. The zero-order valence-corrected chi connectivity index (χ0v) is 12.9. The van der Waals surface area contributed by atoms with Crippen molar-refractivity contribution in [2.75, 3.05) is 6.61 Å². The Hall–Kier alpha value is -2.89. The van der Waals surface area contributed by atoms with E-state index in [9.17, 15) is 9.59 Å². The minimum absolute atomic E-state index is 0.186. The first-order chi connectivity index (χ1) is 11.2. The van der Waals surface area contributed by atoms with E-state index in [1.165, 1.54) is 0 Å². The third kappa shape index (κ3) is 5.43. The summed E-state index contributed by atoms with van der Waals surface area (Å²) in [6, 6.07) is 12.9. The summed E-state index contributed by atoms with van der Waals surface area (Å²) in [5.74, 6) is -0.186. The van der Waals surface area contributed by atoms with Crippen LogP contribution < -0.4 is 10.6 Å². The minimum atomic E-state index is -0.506. The number of pyridine rings is 1. The molecule has 6 nitrogen and oxygen atoms in total. The van der Waals surface area contributed by atoms with Crippen LogP contribution in [-0.4, -0.2) is 23.6 Å². The van der Waals surface area contributed by atoms with Crippen molar-refractivity contribution in [2.45, 2.75) is 20.0 Å². The molecule has 2 N–H and O–H groups in total. The van der Waals surface area contributed by atoms with Gasteiger partial charge in [0.1, 0.15) is 0 Å². The lowest BCUT2D eigenvalue weighted by Crippen LogP contribution is -2.25. The fourth-order valence-corrected chi connectivity index (χ4v) is 1.94. The van der Waals surface area contributed by atoms with Gasteiger partial charge in [-0.15, -0.1) is 0 Å². The highest BCUT2D eigenvalue weighted by Gasteiger charge is 2.08. The van der Waals surface area contributed by atoms with Crippen molar-refractivity contribution in [1.82, 2.24) is 15.6 Å². The third-order valence-electron chi connectivity index (χ3n) is 3.06. The van der Waals surface area contributed by atoms with Crippen molar-refractivity contribution < 1.29 is 14.3 Å². The van der Waals surface area contributed by atoms with Crippen molar-refractivity contribution in [3.63, 3.8) is 0 Å². The topological polar surface area (TPSA) is 80.3 Å². The molecular formula is C17H19N3O3. The number of ether oxygens (including phenoxy) is 1. The molecule has 0 saturated heterocycles. The molecule has 2 amide bonds. The van der Waals surface area contributed by atoms with Gasteiger partial charge in [0.05, 0.1) is 18.8 Å². The first-order valence-electron chi connectivity index (χ1n) is 7.36. The summed E-state index contributed by atoms with van der Waals surface area (Å²) in [5.41, 5.74) is 2.11. The molecule has 0 fully saturated rings. The summed E-state index contributed by atoms with van der Waals surface area (Å²) in [6.07, 6.45) is 1.04. The van der Waals surface area contributed by atoms with Crippen LogP contribution in [0.2, 0.25) is 0 Å². The first-order valence-corrected chi connectivity index (χ1v) is 7.36. The zero-order valence-electron chi connectivity index (χ0n) is 12.9. The quantitative estimate of drug-likeness (QED) is 0.857. The number of hydrogen-bond donors (Lipinski definition) is 2. The van der Waals surface area contributed by atoms with Gasteiger partial charge in [0, 0.05) is 18.3 Å². The second-order valence-corrected chi connectivity index (χ2v) is 4.78. The molecule has 1 aromatic carbocycles. The molecule has 0 aliphatic rings. The van der Waals surface area contributed by atoms with Crippen molar-refractivity contribution in [2.24, 2.45) is 0 Å². The number of nitrogens with one attached hydrogen (secondary N) is 2. The van der Waals surface area contributed by atoms with E-state index >= 15 is 0 Å². The Balaban J connectivity index is 1.90. The summed E-state index contributed by atoms with van der Waals surface area (Å²) in [5, 5.41) is 5.42. The second-order valence-electron chi connectivity index (χ2n) is 4.78. The van der Waals surface area contributed by atoms with Crippen LogP contribution in [0.5, 0.6) is 0 Å². The highest BCUT2D eigenvalue weighted by atomic mass is 16.5. The molecular weight excluding hydrogens is 294 g/mol. The molecule has 2 rings (SSSR count). The monoisotopic (exact) mass is 313 g/mol. The largest absolute Gasteiger partial charge is 0.450 e. The van der Waals surface area contributed by atoms with Gasteiger partial charge in [-0.05, 0) is 24.6 Å². The lowest BCUT2D eigenvalue weighted by atomic mass is 10.2. The van der Waals surface area contributed by atoms with Crippen LogP contribution in [0.15, 0.2) is 48.7 Å². The van der Waals surface area contributed by atoms with Crippen molar-refractivity contribution >= 4 is 12.0 Å². The Morgan fingerprint density at radius 3 is 2.61 bits per heavy atom. The van der Waals surface area contributed by atoms with Gasteiger partial charge in [-0.1, -0.05) is 30.3 Å². The van der Waals surface area contributed by atoms with Gasteiger partial charge < -0.3 is 15.4 Å². The maximum absolute atomic E-state index is 12.2. The molecule has 6 heteroatoms. The molecule has 23 heavy (non-hydrogen) atoms. The molecule has 1 aromatic heterocycles. The lowest BCUT2D eigenvalue weighted by molar-refractivity contribution is 0.0950. The molecule has 1 heterocycles. The molecule has 0 spiro atoms. The summed E-state index contributed by atoms with van der Waals surface area (Å²) in [6.45, 7) is 2.70. The van der Waals surface area contributed by atoms with E-state index in [-0.39, 0.29) is 12.5 Å².